The van der Waals surface area contributed by atoms with E-state index in [0.29, 0.717) is 12.0 Å². The number of aliphatic imine (C=N–C) groups is 1. The van der Waals surface area contributed by atoms with Gasteiger partial charge in [0.15, 0.2) is 5.96 Å². The highest BCUT2D eigenvalue weighted by Gasteiger charge is 2.35. The Balaban J connectivity index is 0.00000576. The molecule has 0 radical (unpaired) electrons. The lowest BCUT2D eigenvalue weighted by molar-refractivity contribution is -0.0835. The number of nitrogens with zero attached hydrogens (tertiary/aromatic N) is 2. The van der Waals surface area contributed by atoms with E-state index in [-0.39, 0.29) is 34.9 Å². The Hall–Kier alpha value is -0.0800. The number of likely N-dealkylation sites (N-methyl/N-ethyl adjacent to an activating group) is 1. The van der Waals surface area contributed by atoms with Gasteiger partial charge in [0.25, 0.3) is 0 Å². The molecule has 1 aliphatic heterocycles. The van der Waals surface area contributed by atoms with Crippen molar-refractivity contribution in [2.45, 2.75) is 66.0 Å². The van der Waals surface area contributed by atoms with E-state index in [1.54, 1.807) is 0 Å². The fourth-order valence-corrected chi connectivity index (χ4v) is 2.99. The van der Waals surface area contributed by atoms with Gasteiger partial charge in [0.05, 0.1) is 12.6 Å². The largest absolute Gasteiger partial charge is 0.377 e. The molecule has 0 aliphatic carbocycles. The fraction of sp³-hybridized carbons (Fsp3) is 0.947. The molecule has 6 heteroatoms. The van der Waals surface area contributed by atoms with Gasteiger partial charge in [-0.05, 0) is 53.1 Å². The minimum Gasteiger partial charge on any atom is -0.377 e. The maximum Gasteiger partial charge on any atom is 0.191 e. The summed E-state index contributed by atoms with van der Waals surface area (Å²) in [6, 6.07) is 0. The van der Waals surface area contributed by atoms with Gasteiger partial charge in [0, 0.05) is 31.2 Å². The summed E-state index contributed by atoms with van der Waals surface area (Å²) in [5.74, 6) is 1.44. The Kier molecular flexibility index (Phi) is 10.9. The van der Waals surface area contributed by atoms with Crippen molar-refractivity contribution in [3.8, 4) is 0 Å². The third kappa shape index (κ3) is 8.43. The minimum absolute atomic E-state index is 0. The fourth-order valence-electron chi connectivity index (χ4n) is 2.99. The molecular weight excluding hydrogens is 427 g/mol. The summed E-state index contributed by atoms with van der Waals surface area (Å²) in [6.45, 7) is 16.8. The average Bonchev–Trinajstić information content (AvgIpc) is 2.49. The predicted molar refractivity (Wildman–Crippen MR) is 119 cm³/mol. The molecule has 1 aliphatic rings. The van der Waals surface area contributed by atoms with Gasteiger partial charge in [-0.25, -0.2) is 0 Å². The van der Waals surface area contributed by atoms with Gasteiger partial charge < -0.3 is 20.3 Å². The lowest BCUT2D eigenvalue weighted by Crippen LogP contribution is -2.48. The van der Waals surface area contributed by atoms with Crippen LogP contribution >= 0.6 is 24.0 Å². The second kappa shape index (κ2) is 10.9. The Morgan fingerprint density at radius 2 is 1.80 bits per heavy atom. The molecule has 0 spiro atoms. The van der Waals surface area contributed by atoms with Crippen molar-refractivity contribution < 1.29 is 4.74 Å². The van der Waals surface area contributed by atoms with E-state index in [4.69, 9.17) is 9.73 Å². The molecule has 1 rings (SSSR count). The number of guanidine groups is 1. The molecule has 2 unspecified atom stereocenters. The third-order valence-electron chi connectivity index (χ3n) is 5.01. The van der Waals surface area contributed by atoms with Crippen LogP contribution in [-0.2, 0) is 4.74 Å². The highest BCUT2D eigenvalue weighted by Crippen LogP contribution is 2.33. The van der Waals surface area contributed by atoms with E-state index in [9.17, 15) is 0 Å². The molecule has 0 aromatic rings. The number of halogens is 1. The van der Waals surface area contributed by atoms with E-state index in [1.165, 1.54) is 6.42 Å². The van der Waals surface area contributed by atoms with E-state index in [1.807, 2.05) is 0 Å². The molecule has 1 fully saturated rings. The number of hydrogen-bond donors (Lipinski definition) is 2. The molecule has 0 aromatic heterocycles. The van der Waals surface area contributed by atoms with Crippen LogP contribution in [0.15, 0.2) is 4.99 Å². The summed E-state index contributed by atoms with van der Waals surface area (Å²) in [7, 11) is 4.20. The topological polar surface area (TPSA) is 48.9 Å². The maximum absolute atomic E-state index is 6.09. The summed E-state index contributed by atoms with van der Waals surface area (Å²) in [5.41, 5.74) is 0.222. The molecule has 0 saturated carbocycles. The van der Waals surface area contributed by atoms with Crippen LogP contribution in [0.3, 0.4) is 0 Å². The average molecular weight is 468 g/mol. The van der Waals surface area contributed by atoms with Crippen LogP contribution in [0.5, 0.6) is 0 Å². The predicted octanol–water partition coefficient (Wildman–Crippen LogP) is 3.34. The molecule has 2 atom stereocenters. The summed E-state index contributed by atoms with van der Waals surface area (Å²) in [4.78, 5) is 7.00. The van der Waals surface area contributed by atoms with Crippen LogP contribution in [-0.4, -0.2) is 62.8 Å². The normalized spacial score (nSPS) is 22.5. The summed E-state index contributed by atoms with van der Waals surface area (Å²) in [6.07, 6.45) is 2.68. The molecule has 0 amide bonds. The van der Waals surface area contributed by atoms with Crippen LogP contribution in [0, 0.1) is 11.3 Å². The maximum atomic E-state index is 6.09. The number of nitrogens with one attached hydrogen (secondary N) is 2. The Morgan fingerprint density at radius 1 is 1.16 bits per heavy atom. The molecule has 0 aromatic carbocycles. The van der Waals surface area contributed by atoms with Gasteiger partial charge in [-0.1, -0.05) is 20.8 Å². The number of ether oxygens (including phenoxy) is 1. The van der Waals surface area contributed by atoms with Crippen molar-refractivity contribution in [1.82, 2.24) is 15.5 Å². The zero-order chi connectivity index (χ0) is 18.4. The monoisotopic (exact) mass is 468 g/mol. The van der Waals surface area contributed by atoms with Gasteiger partial charge in [-0.3, -0.25) is 4.99 Å². The number of hydrogen-bond acceptors (Lipinski definition) is 3. The van der Waals surface area contributed by atoms with E-state index >= 15 is 0 Å². The van der Waals surface area contributed by atoms with Crippen LogP contribution in [0.1, 0.15) is 54.4 Å². The van der Waals surface area contributed by atoms with Crippen molar-refractivity contribution in [2.75, 3.05) is 40.3 Å². The van der Waals surface area contributed by atoms with Crippen LogP contribution in [0.25, 0.3) is 0 Å². The summed E-state index contributed by atoms with van der Waals surface area (Å²) >= 11 is 0. The Labute approximate surface area is 172 Å². The lowest BCUT2D eigenvalue weighted by atomic mass is 9.78. The Bertz CT molecular complexity index is 405. The molecule has 0 bridgehead atoms. The van der Waals surface area contributed by atoms with Gasteiger partial charge in [0.1, 0.15) is 0 Å². The van der Waals surface area contributed by atoms with E-state index in [0.717, 1.165) is 38.6 Å². The summed E-state index contributed by atoms with van der Waals surface area (Å²) < 4.78 is 6.09. The van der Waals surface area contributed by atoms with Crippen LogP contribution in [0.2, 0.25) is 0 Å². The van der Waals surface area contributed by atoms with Crippen molar-refractivity contribution in [2.24, 2.45) is 16.3 Å². The number of rotatable bonds is 6. The Morgan fingerprint density at radius 3 is 2.32 bits per heavy atom. The van der Waals surface area contributed by atoms with Crippen molar-refractivity contribution in [3.63, 3.8) is 0 Å². The van der Waals surface area contributed by atoms with Gasteiger partial charge >= 0.3 is 0 Å². The quantitative estimate of drug-likeness (QED) is 0.357. The van der Waals surface area contributed by atoms with Gasteiger partial charge in [-0.15, -0.1) is 24.0 Å². The summed E-state index contributed by atoms with van der Waals surface area (Å²) in [5, 5.41) is 6.91. The minimum atomic E-state index is 0. The first-order valence-electron chi connectivity index (χ1n) is 9.39. The first kappa shape index (κ1) is 24.9. The second-order valence-corrected chi connectivity index (χ2v) is 8.84. The zero-order valence-corrected chi connectivity index (χ0v) is 19.9. The molecular formula is C19H41IN4O. The van der Waals surface area contributed by atoms with Crippen LogP contribution in [0.4, 0.5) is 0 Å². The van der Waals surface area contributed by atoms with Gasteiger partial charge in [0.2, 0.25) is 0 Å². The van der Waals surface area contributed by atoms with Crippen molar-refractivity contribution >= 4 is 29.9 Å². The van der Waals surface area contributed by atoms with E-state index < -0.39 is 0 Å². The third-order valence-corrected chi connectivity index (χ3v) is 5.01. The smallest absolute Gasteiger partial charge is 0.191 e. The molecule has 150 valence electrons. The molecule has 5 nitrogen and oxygen atoms in total. The molecule has 25 heavy (non-hydrogen) atoms. The standard InChI is InChI=1S/C19H40N4O.HI/c1-9-20-17(22-14-19(5,6)23(7)8)21-13-15-11-10-12-24-16(15)18(2,3)4;/h15-16H,9-14H2,1-8H3,(H2,20,21,22);1H. The van der Waals surface area contributed by atoms with E-state index in [2.05, 4.69) is 71.2 Å². The highest BCUT2D eigenvalue weighted by molar-refractivity contribution is 14.0. The van der Waals surface area contributed by atoms with Crippen LogP contribution < -0.4 is 10.6 Å². The lowest BCUT2D eigenvalue weighted by Gasteiger charge is -2.40. The second-order valence-electron chi connectivity index (χ2n) is 8.84. The molecule has 2 N–H and O–H groups in total. The first-order valence-corrected chi connectivity index (χ1v) is 9.39. The van der Waals surface area contributed by atoms with Gasteiger partial charge in [-0.2, -0.15) is 0 Å². The van der Waals surface area contributed by atoms with Crippen molar-refractivity contribution in [1.29, 1.82) is 0 Å². The SMILES string of the molecule is CCNC(=NCC(C)(C)N(C)C)NCC1CCCOC1C(C)(C)C.I. The van der Waals surface area contributed by atoms with Crippen molar-refractivity contribution in [3.05, 3.63) is 0 Å². The first-order chi connectivity index (χ1) is 11.1. The molecule has 1 saturated heterocycles. The zero-order valence-electron chi connectivity index (χ0n) is 17.6. The molecule has 1 heterocycles. The highest BCUT2D eigenvalue weighted by atomic mass is 127.